The molecule has 0 aliphatic rings. The standard InChI is InChI=1S/C18H24N2S/c1-4-10-20-18(17-12-19-11-9-15(17)3)13-21-16-7-5-14(2)6-8-16/h5-9,11-12,18,20H,4,10,13H2,1-3H3. The lowest BCUT2D eigenvalue weighted by Gasteiger charge is -2.20. The SMILES string of the molecule is CCCNC(CSc1ccc(C)cc1)c1cnccc1C. The van der Waals surface area contributed by atoms with Crippen LogP contribution >= 0.6 is 11.8 Å². The molecule has 0 radical (unpaired) electrons. The zero-order chi connectivity index (χ0) is 15.1. The van der Waals surface area contributed by atoms with E-state index < -0.39 is 0 Å². The van der Waals surface area contributed by atoms with Crippen LogP contribution in [-0.2, 0) is 0 Å². The Morgan fingerprint density at radius 3 is 2.57 bits per heavy atom. The van der Waals surface area contributed by atoms with Gasteiger partial charge in [-0.2, -0.15) is 0 Å². The molecule has 1 atom stereocenters. The number of aryl methyl sites for hydroxylation is 2. The van der Waals surface area contributed by atoms with Gasteiger partial charge in [-0.15, -0.1) is 11.8 Å². The van der Waals surface area contributed by atoms with E-state index in [2.05, 4.69) is 61.4 Å². The Kier molecular flexibility index (Phi) is 6.27. The largest absolute Gasteiger partial charge is 0.309 e. The smallest absolute Gasteiger partial charge is 0.0433 e. The predicted molar refractivity (Wildman–Crippen MR) is 91.9 cm³/mol. The third-order valence-electron chi connectivity index (χ3n) is 3.53. The van der Waals surface area contributed by atoms with Gasteiger partial charge in [0.25, 0.3) is 0 Å². The van der Waals surface area contributed by atoms with E-state index in [1.807, 2.05) is 24.2 Å². The zero-order valence-corrected chi connectivity index (χ0v) is 13.9. The summed E-state index contributed by atoms with van der Waals surface area (Å²) in [6.45, 7) is 7.52. The van der Waals surface area contributed by atoms with Crippen molar-refractivity contribution in [2.45, 2.75) is 38.1 Å². The van der Waals surface area contributed by atoms with Gasteiger partial charge < -0.3 is 5.32 Å². The van der Waals surface area contributed by atoms with Crippen LogP contribution in [0.15, 0.2) is 47.6 Å². The molecule has 1 aromatic heterocycles. The Labute approximate surface area is 132 Å². The Hall–Kier alpha value is -1.32. The first-order chi connectivity index (χ1) is 10.2. The van der Waals surface area contributed by atoms with E-state index in [0.717, 1.165) is 18.7 Å². The summed E-state index contributed by atoms with van der Waals surface area (Å²) in [5.74, 6) is 1.02. The third-order valence-corrected chi connectivity index (χ3v) is 4.64. The molecular formula is C18H24N2S. The Morgan fingerprint density at radius 1 is 1.14 bits per heavy atom. The molecule has 0 aliphatic carbocycles. The molecule has 1 N–H and O–H groups in total. The van der Waals surface area contributed by atoms with Gasteiger partial charge in [-0.3, -0.25) is 4.98 Å². The van der Waals surface area contributed by atoms with Gasteiger partial charge in [0.2, 0.25) is 0 Å². The molecule has 0 saturated carbocycles. The highest BCUT2D eigenvalue weighted by Crippen LogP contribution is 2.26. The van der Waals surface area contributed by atoms with Gasteiger partial charge in [0, 0.05) is 29.1 Å². The number of nitrogens with zero attached hydrogens (tertiary/aromatic N) is 1. The summed E-state index contributed by atoms with van der Waals surface area (Å²) in [7, 11) is 0. The summed E-state index contributed by atoms with van der Waals surface area (Å²) in [4.78, 5) is 5.62. The van der Waals surface area contributed by atoms with Crippen molar-refractivity contribution in [1.29, 1.82) is 0 Å². The average molecular weight is 300 g/mol. The Balaban J connectivity index is 2.06. The minimum atomic E-state index is 0.352. The van der Waals surface area contributed by atoms with Crippen LogP contribution in [0.25, 0.3) is 0 Å². The number of hydrogen-bond donors (Lipinski definition) is 1. The second kappa shape index (κ2) is 8.20. The second-order valence-electron chi connectivity index (χ2n) is 5.36. The van der Waals surface area contributed by atoms with Gasteiger partial charge in [-0.25, -0.2) is 0 Å². The Morgan fingerprint density at radius 2 is 1.90 bits per heavy atom. The quantitative estimate of drug-likeness (QED) is 0.760. The molecule has 0 spiro atoms. The van der Waals surface area contributed by atoms with Gasteiger partial charge in [0.05, 0.1) is 0 Å². The highest BCUT2D eigenvalue weighted by atomic mass is 32.2. The molecule has 0 bridgehead atoms. The highest BCUT2D eigenvalue weighted by Gasteiger charge is 2.13. The maximum absolute atomic E-state index is 4.29. The molecule has 2 rings (SSSR count). The first kappa shape index (κ1) is 16.1. The van der Waals surface area contributed by atoms with E-state index >= 15 is 0 Å². The molecule has 2 aromatic rings. The van der Waals surface area contributed by atoms with Crippen LogP contribution in [0, 0.1) is 13.8 Å². The number of pyridine rings is 1. The van der Waals surface area contributed by atoms with Crippen LogP contribution in [0.2, 0.25) is 0 Å². The lowest BCUT2D eigenvalue weighted by molar-refractivity contribution is 0.573. The number of hydrogen-bond acceptors (Lipinski definition) is 3. The molecule has 21 heavy (non-hydrogen) atoms. The predicted octanol–water partition coefficient (Wildman–Crippen LogP) is 4.53. The number of thioether (sulfide) groups is 1. The van der Waals surface area contributed by atoms with Crippen molar-refractivity contribution in [3.63, 3.8) is 0 Å². The molecule has 0 amide bonds. The van der Waals surface area contributed by atoms with Crippen LogP contribution in [-0.4, -0.2) is 17.3 Å². The molecular weight excluding hydrogens is 276 g/mol. The lowest BCUT2D eigenvalue weighted by atomic mass is 10.1. The van der Waals surface area contributed by atoms with E-state index in [-0.39, 0.29) is 0 Å². The van der Waals surface area contributed by atoms with Gasteiger partial charge in [0.1, 0.15) is 0 Å². The number of rotatable bonds is 7. The van der Waals surface area contributed by atoms with Crippen molar-refractivity contribution < 1.29 is 0 Å². The van der Waals surface area contributed by atoms with Crippen molar-refractivity contribution in [1.82, 2.24) is 10.3 Å². The van der Waals surface area contributed by atoms with Crippen molar-refractivity contribution in [3.05, 3.63) is 59.4 Å². The number of aromatic nitrogens is 1. The fourth-order valence-electron chi connectivity index (χ4n) is 2.23. The normalized spacial score (nSPS) is 12.3. The highest BCUT2D eigenvalue weighted by molar-refractivity contribution is 7.99. The van der Waals surface area contributed by atoms with E-state index in [9.17, 15) is 0 Å². The zero-order valence-electron chi connectivity index (χ0n) is 13.1. The molecule has 0 aliphatic heterocycles. The minimum absolute atomic E-state index is 0.352. The van der Waals surface area contributed by atoms with Crippen LogP contribution < -0.4 is 5.32 Å². The monoisotopic (exact) mass is 300 g/mol. The molecule has 0 saturated heterocycles. The van der Waals surface area contributed by atoms with Gasteiger partial charge in [0.15, 0.2) is 0 Å². The van der Waals surface area contributed by atoms with Crippen molar-refractivity contribution in [2.24, 2.45) is 0 Å². The van der Waals surface area contributed by atoms with E-state index in [0.29, 0.717) is 6.04 Å². The summed E-state index contributed by atoms with van der Waals surface area (Å²) in [6, 6.07) is 11.2. The summed E-state index contributed by atoms with van der Waals surface area (Å²) < 4.78 is 0. The van der Waals surface area contributed by atoms with Crippen molar-refractivity contribution >= 4 is 11.8 Å². The van der Waals surface area contributed by atoms with E-state index in [1.165, 1.54) is 21.6 Å². The van der Waals surface area contributed by atoms with Gasteiger partial charge >= 0.3 is 0 Å². The minimum Gasteiger partial charge on any atom is -0.309 e. The first-order valence-corrected chi connectivity index (χ1v) is 8.52. The fraction of sp³-hybridized carbons (Fsp3) is 0.389. The van der Waals surface area contributed by atoms with E-state index in [4.69, 9.17) is 0 Å². The van der Waals surface area contributed by atoms with Crippen LogP contribution in [0.3, 0.4) is 0 Å². The topological polar surface area (TPSA) is 24.9 Å². The van der Waals surface area contributed by atoms with Crippen molar-refractivity contribution in [3.8, 4) is 0 Å². The van der Waals surface area contributed by atoms with Gasteiger partial charge in [-0.05, 0) is 56.1 Å². The number of nitrogens with one attached hydrogen (secondary N) is 1. The fourth-order valence-corrected chi connectivity index (χ4v) is 3.22. The summed E-state index contributed by atoms with van der Waals surface area (Å²) in [5, 5.41) is 3.65. The molecule has 2 nitrogen and oxygen atoms in total. The van der Waals surface area contributed by atoms with E-state index in [1.54, 1.807) is 0 Å². The summed E-state index contributed by atoms with van der Waals surface area (Å²) in [6.07, 6.45) is 5.01. The van der Waals surface area contributed by atoms with Crippen LogP contribution in [0.5, 0.6) is 0 Å². The average Bonchev–Trinajstić information content (AvgIpc) is 2.50. The maximum atomic E-state index is 4.29. The molecule has 1 unspecified atom stereocenters. The molecule has 1 heterocycles. The lowest BCUT2D eigenvalue weighted by Crippen LogP contribution is -2.25. The van der Waals surface area contributed by atoms with Gasteiger partial charge in [-0.1, -0.05) is 24.6 Å². The second-order valence-corrected chi connectivity index (χ2v) is 6.46. The molecule has 0 fully saturated rings. The van der Waals surface area contributed by atoms with Crippen molar-refractivity contribution in [2.75, 3.05) is 12.3 Å². The van der Waals surface area contributed by atoms with Crippen LogP contribution in [0.4, 0.5) is 0 Å². The molecule has 1 aromatic carbocycles. The summed E-state index contributed by atoms with van der Waals surface area (Å²) >= 11 is 1.90. The summed E-state index contributed by atoms with van der Waals surface area (Å²) in [5.41, 5.74) is 3.93. The first-order valence-electron chi connectivity index (χ1n) is 7.54. The number of benzene rings is 1. The maximum Gasteiger partial charge on any atom is 0.0433 e. The Bertz CT molecular complexity index is 551. The molecule has 3 heteroatoms. The van der Waals surface area contributed by atoms with Crippen LogP contribution in [0.1, 0.15) is 36.1 Å². The third kappa shape index (κ3) is 4.87. The molecule has 112 valence electrons.